The van der Waals surface area contributed by atoms with E-state index in [0.29, 0.717) is 27.5 Å². The molecule has 0 saturated heterocycles. The zero-order valence-electron chi connectivity index (χ0n) is 13.9. The van der Waals surface area contributed by atoms with Crippen LogP contribution in [0, 0.1) is 0 Å². The zero-order valence-corrected chi connectivity index (χ0v) is 15.4. The van der Waals surface area contributed by atoms with E-state index in [0.717, 1.165) is 22.9 Å². The maximum atomic E-state index is 11.9. The first kappa shape index (κ1) is 18.2. The van der Waals surface area contributed by atoms with E-state index in [9.17, 15) is 9.59 Å². The Morgan fingerprint density at radius 2 is 2.04 bits per heavy atom. The summed E-state index contributed by atoms with van der Waals surface area (Å²) in [6, 6.07) is 14.9. The summed E-state index contributed by atoms with van der Waals surface area (Å²) < 4.78 is 5.73. The van der Waals surface area contributed by atoms with Crippen molar-refractivity contribution in [2.45, 2.75) is 13.5 Å². The third-order valence-corrected chi connectivity index (χ3v) is 4.51. The van der Waals surface area contributed by atoms with E-state index in [-0.39, 0.29) is 11.8 Å². The van der Waals surface area contributed by atoms with Crippen molar-refractivity contribution in [3.05, 3.63) is 69.6 Å². The Hall–Kier alpha value is -2.57. The van der Waals surface area contributed by atoms with E-state index in [4.69, 9.17) is 16.3 Å². The van der Waals surface area contributed by atoms with Crippen molar-refractivity contribution < 1.29 is 14.3 Å². The smallest absolute Gasteiger partial charge is 0.286 e. The van der Waals surface area contributed by atoms with Gasteiger partial charge in [0.2, 0.25) is 5.91 Å². The number of aliphatic imine (C=N–C) groups is 1. The van der Waals surface area contributed by atoms with Crippen molar-refractivity contribution in [2.75, 3.05) is 0 Å². The van der Waals surface area contributed by atoms with Gasteiger partial charge in [-0.05, 0) is 53.2 Å². The third kappa shape index (κ3) is 4.97. The lowest BCUT2D eigenvalue weighted by Gasteiger charge is -2.07. The van der Waals surface area contributed by atoms with Crippen LogP contribution in [0.5, 0.6) is 5.75 Å². The minimum Gasteiger partial charge on any atom is -0.489 e. The van der Waals surface area contributed by atoms with Gasteiger partial charge in [0.05, 0.1) is 4.91 Å². The van der Waals surface area contributed by atoms with Gasteiger partial charge in [-0.15, -0.1) is 0 Å². The van der Waals surface area contributed by atoms with Gasteiger partial charge >= 0.3 is 0 Å². The molecule has 1 heterocycles. The lowest BCUT2D eigenvalue weighted by atomic mass is 10.2. The van der Waals surface area contributed by atoms with Gasteiger partial charge in [-0.2, -0.15) is 4.99 Å². The molecule has 2 aromatic rings. The van der Waals surface area contributed by atoms with Crippen LogP contribution in [0.25, 0.3) is 6.08 Å². The molecule has 0 spiro atoms. The number of amidine groups is 1. The molecule has 0 radical (unpaired) electrons. The first-order valence-corrected chi connectivity index (χ1v) is 8.96. The summed E-state index contributed by atoms with van der Waals surface area (Å²) in [5.74, 6) is 0.0965. The lowest BCUT2D eigenvalue weighted by molar-refractivity contribution is -0.117. The molecule has 1 N–H and O–H groups in total. The molecule has 2 amide bonds. The number of hydrogen-bond donors (Lipinski definition) is 1. The van der Waals surface area contributed by atoms with Crippen LogP contribution in [-0.2, 0) is 16.2 Å². The minimum absolute atomic E-state index is 0.258. The highest BCUT2D eigenvalue weighted by Crippen LogP contribution is 2.28. The Balaban J connectivity index is 1.61. The largest absolute Gasteiger partial charge is 0.489 e. The fourth-order valence-electron chi connectivity index (χ4n) is 2.22. The molecule has 0 atom stereocenters. The highest BCUT2D eigenvalue weighted by molar-refractivity contribution is 8.18. The van der Waals surface area contributed by atoms with Crippen LogP contribution >= 0.6 is 23.4 Å². The van der Waals surface area contributed by atoms with Crippen molar-refractivity contribution >= 4 is 46.4 Å². The van der Waals surface area contributed by atoms with E-state index in [2.05, 4.69) is 10.3 Å². The SMILES string of the molecule is CC(=O)NC1=NC(=O)/C(=C/c2ccc(OCc3cccc(Cl)c3)cc2)S1. The molecule has 0 fully saturated rings. The van der Waals surface area contributed by atoms with Crippen LogP contribution in [0.2, 0.25) is 5.02 Å². The molecule has 7 heteroatoms. The number of nitrogens with one attached hydrogen (secondary N) is 1. The molecular formula is C19H15ClN2O3S. The number of thioether (sulfide) groups is 1. The zero-order chi connectivity index (χ0) is 18.5. The van der Waals surface area contributed by atoms with Gasteiger partial charge in [0.25, 0.3) is 5.91 Å². The Morgan fingerprint density at radius 3 is 2.73 bits per heavy atom. The molecule has 0 unspecified atom stereocenters. The van der Waals surface area contributed by atoms with Crippen molar-refractivity contribution in [1.82, 2.24) is 5.32 Å². The van der Waals surface area contributed by atoms with Crippen molar-refractivity contribution in [3.8, 4) is 5.75 Å². The standard InChI is InChI=1S/C19H15ClN2O3S/c1-12(23)21-19-22-18(24)17(26-19)10-13-5-7-16(8-6-13)25-11-14-3-2-4-15(20)9-14/h2-10H,11H2,1H3,(H,21,22,23,24)/b17-10-. The van der Waals surface area contributed by atoms with Crippen LogP contribution < -0.4 is 10.1 Å². The van der Waals surface area contributed by atoms with Crippen LogP contribution in [0.4, 0.5) is 0 Å². The van der Waals surface area contributed by atoms with Crippen molar-refractivity contribution in [3.63, 3.8) is 0 Å². The topological polar surface area (TPSA) is 67.8 Å². The summed E-state index contributed by atoms with van der Waals surface area (Å²) in [5.41, 5.74) is 1.83. The first-order chi connectivity index (χ1) is 12.5. The van der Waals surface area contributed by atoms with Gasteiger partial charge in [0.1, 0.15) is 12.4 Å². The van der Waals surface area contributed by atoms with E-state index in [1.807, 2.05) is 48.5 Å². The summed E-state index contributed by atoms with van der Waals surface area (Å²) >= 11 is 7.10. The quantitative estimate of drug-likeness (QED) is 0.805. The average molecular weight is 387 g/mol. The lowest BCUT2D eigenvalue weighted by Crippen LogP contribution is -2.23. The minimum atomic E-state index is -0.361. The van der Waals surface area contributed by atoms with Crippen LogP contribution in [0.1, 0.15) is 18.1 Å². The fourth-order valence-corrected chi connectivity index (χ4v) is 3.29. The number of carbonyl (C=O) groups is 2. The van der Waals surface area contributed by atoms with Gasteiger partial charge in [-0.1, -0.05) is 35.9 Å². The molecule has 3 rings (SSSR count). The van der Waals surface area contributed by atoms with E-state index < -0.39 is 0 Å². The summed E-state index contributed by atoms with van der Waals surface area (Å²) in [6.45, 7) is 1.79. The van der Waals surface area contributed by atoms with Crippen molar-refractivity contribution in [2.24, 2.45) is 4.99 Å². The van der Waals surface area contributed by atoms with Gasteiger partial charge in [0.15, 0.2) is 5.17 Å². The molecule has 2 aromatic carbocycles. The Labute approximate surface area is 160 Å². The molecule has 5 nitrogen and oxygen atoms in total. The molecule has 1 aliphatic rings. The number of nitrogens with zero attached hydrogens (tertiary/aromatic N) is 1. The Kier molecular flexibility index (Phi) is 5.75. The normalized spacial score (nSPS) is 15.1. The number of benzene rings is 2. The van der Waals surface area contributed by atoms with E-state index in [1.165, 1.54) is 6.92 Å². The molecule has 0 aliphatic carbocycles. The summed E-state index contributed by atoms with van der Waals surface area (Å²) in [7, 11) is 0. The number of amides is 2. The molecule has 0 aromatic heterocycles. The fraction of sp³-hybridized carbons (Fsp3) is 0.105. The third-order valence-electron chi connectivity index (χ3n) is 3.38. The summed E-state index contributed by atoms with van der Waals surface area (Å²) in [4.78, 5) is 27.2. The molecule has 26 heavy (non-hydrogen) atoms. The summed E-state index contributed by atoms with van der Waals surface area (Å²) in [6.07, 6.45) is 1.73. The summed E-state index contributed by atoms with van der Waals surface area (Å²) in [5, 5.41) is 3.49. The molecule has 0 saturated carbocycles. The number of ether oxygens (including phenoxy) is 1. The Morgan fingerprint density at radius 1 is 1.27 bits per heavy atom. The second-order valence-corrected chi connectivity index (χ2v) is 6.97. The number of hydrogen-bond acceptors (Lipinski definition) is 4. The van der Waals surface area contributed by atoms with E-state index >= 15 is 0 Å². The van der Waals surface area contributed by atoms with Crippen LogP contribution in [0.15, 0.2) is 58.4 Å². The molecular weight excluding hydrogens is 372 g/mol. The monoisotopic (exact) mass is 386 g/mol. The van der Waals surface area contributed by atoms with Crippen LogP contribution in [-0.4, -0.2) is 17.0 Å². The highest BCUT2D eigenvalue weighted by Gasteiger charge is 2.22. The first-order valence-electron chi connectivity index (χ1n) is 7.77. The second-order valence-electron chi connectivity index (χ2n) is 5.50. The average Bonchev–Trinajstić information content (AvgIpc) is 2.93. The predicted molar refractivity (Wildman–Crippen MR) is 104 cm³/mol. The van der Waals surface area contributed by atoms with Gasteiger partial charge in [-0.3, -0.25) is 9.59 Å². The van der Waals surface area contributed by atoms with Crippen molar-refractivity contribution in [1.29, 1.82) is 0 Å². The Bertz CT molecular complexity index is 907. The van der Waals surface area contributed by atoms with Gasteiger partial charge in [-0.25, -0.2) is 0 Å². The van der Waals surface area contributed by atoms with Crippen LogP contribution in [0.3, 0.4) is 0 Å². The van der Waals surface area contributed by atoms with Gasteiger partial charge < -0.3 is 10.1 Å². The number of halogens is 1. The van der Waals surface area contributed by atoms with E-state index in [1.54, 1.807) is 6.08 Å². The van der Waals surface area contributed by atoms with Gasteiger partial charge in [0, 0.05) is 11.9 Å². The molecule has 1 aliphatic heterocycles. The number of carbonyl (C=O) groups excluding carboxylic acids is 2. The highest BCUT2D eigenvalue weighted by atomic mass is 35.5. The second kappa shape index (κ2) is 8.21. The maximum Gasteiger partial charge on any atom is 0.286 e. The molecule has 0 bridgehead atoms. The molecule has 132 valence electrons. The predicted octanol–water partition coefficient (Wildman–Crippen LogP) is 4.03. The maximum absolute atomic E-state index is 11.9. The number of rotatable bonds is 4.